The van der Waals surface area contributed by atoms with E-state index in [4.69, 9.17) is 0 Å². The van der Waals surface area contributed by atoms with Crippen molar-refractivity contribution in [3.05, 3.63) is 58.7 Å². The first-order valence-electron chi connectivity index (χ1n) is 11.3. The lowest BCUT2D eigenvalue weighted by Crippen LogP contribution is -2.54. The van der Waals surface area contributed by atoms with Crippen LogP contribution in [0.15, 0.2) is 36.4 Å². The lowest BCUT2D eigenvalue weighted by atomic mass is 9.54. The van der Waals surface area contributed by atoms with E-state index >= 15 is 0 Å². The summed E-state index contributed by atoms with van der Waals surface area (Å²) in [4.78, 5) is 24.6. The third-order valence-electron chi connectivity index (χ3n) is 7.22. The largest absolute Gasteiger partial charge is 0.338 e. The summed E-state index contributed by atoms with van der Waals surface area (Å²) < 4.78 is 0. The van der Waals surface area contributed by atoms with E-state index in [-0.39, 0.29) is 17.5 Å². The first-order valence-corrected chi connectivity index (χ1v) is 11.3. The molecule has 0 bridgehead atoms. The van der Waals surface area contributed by atoms with Gasteiger partial charge in [-0.05, 0) is 97.9 Å². The highest BCUT2D eigenvalue weighted by atomic mass is 16.2. The van der Waals surface area contributed by atoms with Crippen LogP contribution in [0.4, 0.5) is 21.0 Å². The van der Waals surface area contributed by atoms with Crippen LogP contribution >= 0.6 is 0 Å². The van der Waals surface area contributed by atoms with Gasteiger partial charge in [-0.2, -0.15) is 0 Å². The molecule has 1 aliphatic rings. The van der Waals surface area contributed by atoms with E-state index in [2.05, 4.69) is 49.0 Å². The Morgan fingerprint density at radius 1 is 0.750 bits per heavy atom. The molecule has 0 heterocycles. The fourth-order valence-electron chi connectivity index (χ4n) is 4.24. The van der Waals surface area contributed by atoms with E-state index in [1.165, 1.54) is 11.1 Å². The number of nitrogens with one attached hydrogen (secondary N) is 4. The van der Waals surface area contributed by atoms with E-state index in [9.17, 15) is 9.59 Å². The molecule has 2 aromatic rings. The van der Waals surface area contributed by atoms with Gasteiger partial charge in [0.1, 0.15) is 0 Å². The van der Waals surface area contributed by atoms with Crippen molar-refractivity contribution in [1.82, 2.24) is 10.6 Å². The second-order valence-corrected chi connectivity index (χ2v) is 9.72. The van der Waals surface area contributed by atoms with Crippen LogP contribution in [0.3, 0.4) is 0 Å². The van der Waals surface area contributed by atoms with E-state index in [0.717, 1.165) is 28.9 Å². The summed E-state index contributed by atoms with van der Waals surface area (Å²) in [6.07, 6.45) is 0.973. The highest BCUT2D eigenvalue weighted by molar-refractivity contribution is 5.90. The molecular weight excluding hydrogens is 400 g/mol. The summed E-state index contributed by atoms with van der Waals surface area (Å²) >= 11 is 0. The zero-order valence-corrected chi connectivity index (χ0v) is 20.1. The molecule has 2 aromatic carbocycles. The maximum Gasteiger partial charge on any atom is 0.319 e. The molecule has 6 heteroatoms. The number of benzene rings is 2. The van der Waals surface area contributed by atoms with Crippen molar-refractivity contribution in [2.45, 2.75) is 48.0 Å². The fraction of sp³-hybridized carbons (Fsp3) is 0.462. The van der Waals surface area contributed by atoms with E-state index < -0.39 is 0 Å². The summed E-state index contributed by atoms with van der Waals surface area (Å²) in [7, 11) is 0. The Morgan fingerprint density at radius 3 is 1.50 bits per heavy atom. The normalized spacial score (nSPS) is 18.9. The Morgan fingerprint density at radius 2 is 1.16 bits per heavy atom. The Bertz CT molecular complexity index is 922. The van der Waals surface area contributed by atoms with Crippen molar-refractivity contribution in [2.24, 2.45) is 17.3 Å². The van der Waals surface area contributed by atoms with Gasteiger partial charge in [0.25, 0.3) is 0 Å². The number of anilines is 2. The molecule has 6 nitrogen and oxygen atoms in total. The second kappa shape index (κ2) is 9.63. The van der Waals surface area contributed by atoms with Crippen molar-refractivity contribution in [2.75, 3.05) is 23.7 Å². The molecular formula is C26H36N4O2. The van der Waals surface area contributed by atoms with Crippen LogP contribution in [0, 0.1) is 44.9 Å². The maximum atomic E-state index is 12.3. The van der Waals surface area contributed by atoms with Gasteiger partial charge in [0.2, 0.25) is 0 Å². The molecule has 172 valence electrons. The smallest absolute Gasteiger partial charge is 0.319 e. The average Bonchev–Trinajstić information content (AvgIpc) is 2.72. The Kier molecular flexibility index (Phi) is 7.12. The molecule has 0 spiro atoms. The average molecular weight is 437 g/mol. The van der Waals surface area contributed by atoms with Crippen molar-refractivity contribution < 1.29 is 9.59 Å². The predicted octanol–water partition coefficient (Wildman–Crippen LogP) is 5.53. The van der Waals surface area contributed by atoms with E-state index in [0.29, 0.717) is 24.9 Å². The molecule has 0 radical (unpaired) electrons. The Balaban J connectivity index is 1.41. The summed E-state index contributed by atoms with van der Waals surface area (Å²) in [5.74, 6) is 0.755. The molecule has 0 aliphatic heterocycles. The van der Waals surface area contributed by atoms with Crippen LogP contribution in [-0.2, 0) is 0 Å². The number of urea groups is 2. The van der Waals surface area contributed by atoms with Gasteiger partial charge >= 0.3 is 12.1 Å². The zero-order valence-electron chi connectivity index (χ0n) is 20.1. The minimum absolute atomic E-state index is 0.0431. The molecule has 0 unspecified atom stereocenters. The minimum Gasteiger partial charge on any atom is -0.338 e. The number of carbonyl (C=O) groups is 2. The van der Waals surface area contributed by atoms with Gasteiger partial charge in [-0.3, -0.25) is 0 Å². The van der Waals surface area contributed by atoms with Crippen LogP contribution in [0.5, 0.6) is 0 Å². The number of hydrogen-bond acceptors (Lipinski definition) is 2. The minimum atomic E-state index is -0.182. The summed E-state index contributed by atoms with van der Waals surface area (Å²) in [6.45, 7) is 13.8. The topological polar surface area (TPSA) is 82.3 Å². The van der Waals surface area contributed by atoms with Gasteiger partial charge in [-0.15, -0.1) is 0 Å². The molecule has 0 aromatic heterocycles. The molecule has 4 amide bonds. The summed E-state index contributed by atoms with van der Waals surface area (Å²) in [5.41, 5.74) is 6.36. The van der Waals surface area contributed by atoms with E-state index in [1.54, 1.807) is 0 Å². The van der Waals surface area contributed by atoms with Gasteiger partial charge < -0.3 is 21.3 Å². The molecule has 3 rings (SSSR count). The molecule has 1 fully saturated rings. The SMILES string of the molecule is Cc1ccc(NC(=O)NC[C@@H]2C[C@H](CNC(=O)Nc3ccc(C)c(C)c3)C2(C)C)cc1C. The monoisotopic (exact) mass is 436 g/mol. The van der Waals surface area contributed by atoms with Crippen molar-refractivity contribution >= 4 is 23.4 Å². The zero-order chi connectivity index (χ0) is 23.5. The van der Waals surface area contributed by atoms with Crippen molar-refractivity contribution in [1.29, 1.82) is 0 Å². The molecule has 4 N–H and O–H groups in total. The van der Waals surface area contributed by atoms with Gasteiger partial charge in [0, 0.05) is 24.5 Å². The molecule has 32 heavy (non-hydrogen) atoms. The maximum absolute atomic E-state index is 12.3. The van der Waals surface area contributed by atoms with Gasteiger partial charge in [0.05, 0.1) is 0 Å². The van der Waals surface area contributed by atoms with Crippen LogP contribution in [0.2, 0.25) is 0 Å². The van der Waals surface area contributed by atoms with Gasteiger partial charge in [-0.25, -0.2) is 9.59 Å². The Labute approximate surface area is 191 Å². The first kappa shape index (κ1) is 23.6. The highest BCUT2D eigenvalue weighted by Crippen LogP contribution is 2.50. The Hall–Kier alpha value is -3.02. The third kappa shape index (κ3) is 5.61. The van der Waals surface area contributed by atoms with Crippen LogP contribution in [0.25, 0.3) is 0 Å². The first-order chi connectivity index (χ1) is 15.1. The lowest BCUT2D eigenvalue weighted by Gasteiger charge is -2.52. The van der Waals surface area contributed by atoms with Crippen molar-refractivity contribution in [3.63, 3.8) is 0 Å². The lowest BCUT2D eigenvalue weighted by molar-refractivity contribution is -0.0142. The number of hydrogen-bond donors (Lipinski definition) is 4. The second-order valence-electron chi connectivity index (χ2n) is 9.72. The third-order valence-corrected chi connectivity index (χ3v) is 7.22. The van der Waals surface area contributed by atoms with Gasteiger partial charge in [0.15, 0.2) is 0 Å². The number of carbonyl (C=O) groups excluding carboxylic acids is 2. The van der Waals surface area contributed by atoms with Gasteiger partial charge in [-0.1, -0.05) is 26.0 Å². The highest BCUT2D eigenvalue weighted by Gasteiger charge is 2.47. The predicted molar refractivity (Wildman–Crippen MR) is 131 cm³/mol. The molecule has 0 saturated heterocycles. The fourth-order valence-corrected chi connectivity index (χ4v) is 4.24. The number of rotatable bonds is 6. The van der Waals surface area contributed by atoms with Crippen LogP contribution in [0.1, 0.15) is 42.5 Å². The summed E-state index contributed by atoms with van der Waals surface area (Å²) in [5, 5.41) is 11.8. The molecule has 2 atom stereocenters. The number of amides is 4. The van der Waals surface area contributed by atoms with Crippen molar-refractivity contribution in [3.8, 4) is 0 Å². The van der Waals surface area contributed by atoms with Crippen LogP contribution < -0.4 is 21.3 Å². The number of aryl methyl sites for hydroxylation is 4. The molecule has 1 aliphatic carbocycles. The van der Waals surface area contributed by atoms with Crippen LogP contribution in [-0.4, -0.2) is 25.2 Å². The summed E-state index contributed by atoms with van der Waals surface area (Å²) in [6, 6.07) is 11.4. The quantitative estimate of drug-likeness (QED) is 0.480. The standard InChI is InChI=1S/C26H36N4O2/c1-16-7-9-22(11-18(16)3)29-24(31)27-14-20-13-21(26(20,5)6)15-28-25(32)30-23-10-8-17(2)19(4)12-23/h7-12,20-21H,13-15H2,1-6H3,(H2,27,29,31)(H2,28,30,32)/t20-,21+. The molecule has 1 saturated carbocycles. The van der Waals surface area contributed by atoms with E-state index in [1.807, 2.05) is 50.2 Å².